The largest absolute Gasteiger partial charge is 0.469 e. The number of esters is 2. The van der Waals surface area contributed by atoms with E-state index in [2.05, 4.69) is 67.0 Å². The van der Waals surface area contributed by atoms with Crippen molar-refractivity contribution in [2.45, 2.75) is 187 Å². The monoisotopic (exact) mass is 725 g/mol. The van der Waals surface area contributed by atoms with E-state index in [1.807, 2.05) is 0 Å². The van der Waals surface area contributed by atoms with Crippen LogP contribution in [0.2, 0.25) is 0 Å². The van der Waals surface area contributed by atoms with Crippen LogP contribution in [-0.2, 0) is 28.2 Å². The molecule has 0 radical (unpaired) electrons. The van der Waals surface area contributed by atoms with Gasteiger partial charge in [0.2, 0.25) is 0 Å². The summed E-state index contributed by atoms with van der Waals surface area (Å²) in [4.78, 5) is 42.7. The Bertz CT molecular complexity index is 952. The van der Waals surface area contributed by atoms with Crippen LogP contribution in [0.15, 0.2) is 48.6 Å². The van der Waals surface area contributed by atoms with Gasteiger partial charge in [-0.1, -0.05) is 140 Å². The zero-order valence-corrected chi connectivity index (χ0v) is 32.7. The minimum Gasteiger partial charge on any atom is -0.462 e. The van der Waals surface area contributed by atoms with Gasteiger partial charge in [0.25, 0.3) is 0 Å². The van der Waals surface area contributed by atoms with Crippen LogP contribution in [0, 0.1) is 0 Å². The topological polar surface area (TPSA) is 119 Å². The van der Waals surface area contributed by atoms with Crippen LogP contribution in [0.1, 0.15) is 181 Å². The van der Waals surface area contributed by atoms with Gasteiger partial charge in [0.15, 0.2) is 6.10 Å². The van der Waals surface area contributed by atoms with Crippen LogP contribution in [0.5, 0.6) is 0 Å². The standard InChI is InChI=1S/C41H73O8P/c1-3-5-7-9-11-13-15-17-19-20-22-23-25-27-29-31-33-35-40(42)47-37-39(38-48-50(44,45)46)49-41(43)36-34-32-30-28-26-24-21-18-16-14-12-10-8-6-4-2/h11,13,17,19,22-23,26,28,39H,3-10,12,14-16,18,20-21,24-25,27,29-38H2,1-2H3,(H2,44,45,46)/b13-11+,19-17+,23-22+,28-26+/t39-/m1/s1. The van der Waals surface area contributed by atoms with Gasteiger partial charge in [0.05, 0.1) is 6.61 Å². The number of carbonyl (C=O) groups excluding carboxylic acids is 2. The predicted octanol–water partition coefficient (Wildman–Crippen LogP) is 12.0. The van der Waals surface area contributed by atoms with Gasteiger partial charge < -0.3 is 19.3 Å². The first kappa shape index (κ1) is 48.0. The van der Waals surface area contributed by atoms with Crippen LogP contribution in [0.3, 0.4) is 0 Å². The van der Waals surface area contributed by atoms with Crippen molar-refractivity contribution >= 4 is 19.8 Å². The first-order valence-electron chi connectivity index (χ1n) is 19.9. The van der Waals surface area contributed by atoms with Crippen molar-refractivity contribution in [1.29, 1.82) is 0 Å². The Balaban J connectivity index is 4.02. The summed E-state index contributed by atoms with van der Waals surface area (Å²) in [5, 5.41) is 0. The second kappa shape index (κ2) is 36.8. The van der Waals surface area contributed by atoms with Crippen molar-refractivity contribution in [2.24, 2.45) is 0 Å². The van der Waals surface area contributed by atoms with Gasteiger partial charge in [0.1, 0.15) is 6.61 Å². The van der Waals surface area contributed by atoms with Crippen molar-refractivity contribution in [3.8, 4) is 0 Å². The van der Waals surface area contributed by atoms with Gasteiger partial charge >= 0.3 is 19.8 Å². The van der Waals surface area contributed by atoms with E-state index in [0.717, 1.165) is 57.8 Å². The van der Waals surface area contributed by atoms with E-state index in [0.29, 0.717) is 12.8 Å². The van der Waals surface area contributed by atoms with E-state index in [-0.39, 0.29) is 19.4 Å². The summed E-state index contributed by atoms with van der Waals surface area (Å²) in [7, 11) is -4.76. The summed E-state index contributed by atoms with van der Waals surface area (Å²) in [6, 6.07) is 0. The molecule has 0 amide bonds. The minimum atomic E-state index is -4.76. The molecular weight excluding hydrogens is 651 g/mol. The summed E-state index contributed by atoms with van der Waals surface area (Å²) < 4.78 is 26.3. The Hall–Kier alpha value is -1.99. The third-order valence-electron chi connectivity index (χ3n) is 8.32. The molecule has 0 saturated carbocycles. The molecule has 0 rings (SSSR count). The van der Waals surface area contributed by atoms with Crippen molar-refractivity contribution in [2.75, 3.05) is 13.2 Å². The van der Waals surface area contributed by atoms with E-state index in [9.17, 15) is 14.2 Å². The zero-order valence-electron chi connectivity index (χ0n) is 31.8. The molecule has 0 aromatic rings. The van der Waals surface area contributed by atoms with E-state index in [4.69, 9.17) is 19.3 Å². The van der Waals surface area contributed by atoms with Gasteiger partial charge in [-0.2, -0.15) is 0 Å². The Morgan fingerprint density at radius 2 is 0.900 bits per heavy atom. The summed E-state index contributed by atoms with van der Waals surface area (Å²) in [6.45, 7) is 3.61. The average Bonchev–Trinajstić information content (AvgIpc) is 3.08. The number of hydrogen-bond donors (Lipinski definition) is 2. The number of phosphoric acid groups is 1. The van der Waals surface area contributed by atoms with Gasteiger partial charge in [0, 0.05) is 12.8 Å². The van der Waals surface area contributed by atoms with Gasteiger partial charge in [-0.15, -0.1) is 0 Å². The number of ether oxygens (including phenoxy) is 2. The molecule has 50 heavy (non-hydrogen) atoms. The quantitative estimate of drug-likeness (QED) is 0.0284. The molecular formula is C41H73O8P. The lowest BCUT2D eigenvalue weighted by Gasteiger charge is -2.18. The van der Waals surface area contributed by atoms with E-state index < -0.39 is 32.5 Å². The molecule has 0 saturated heterocycles. The molecule has 1 atom stereocenters. The molecule has 9 heteroatoms. The Morgan fingerprint density at radius 1 is 0.520 bits per heavy atom. The number of allylic oxidation sites excluding steroid dienone is 8. The van der Waals surface area contributed by atoms with Crippen molar-refractivity contribution < 1.29 is 37.9 Å². The number of hydrogen-bond acceptors (Lipinski definition) is 6. The molecule has 0 bridgehead atoms. The number of phosphoric ester groups is 1. The third-order valence-corrected chi connectivity index (χ3v) is 8.81. The first-order valence-corrected chi connectivity index (χ1v) is 21.5. The fourth-order valence-electron chi connectivity index (χ4n) is 5.31. The van der Waals surface area contributed by atoms with Gasteiger partial charge in [-0.05, 0) is 77.0 Å². The first-order chi connectivity index (χ1) is 24.3. The Kier molecular flexibility index (Phi) is 35.3. The fourth-order valence-corrected chi connectivity index (χ4v) is 5.67. The second-order valence-corrected chi connectivity index (χ2v) is 14.5. The number of rotatable bonds is 36. The van der Waals surface area contributed by atoms with Crippen LogP contribution in [-0.4, -0.2) is 41.0 Å². The van der Waals surface area contributed by atoms with E-state index >= 15 is 0 Å². The zero-order chi connectivity index (χ0) is 36.8. The van der Waals surface area contributed by atoms with Crippen LogP contribution >= 0.6 is 7.82 Å². The van der Waals surface area contributed by atoms with Crippen LogP contribution in [0.4, 0.5) is 0 Å². The normalized spacial score (nSPS) is 13.0. The van der Waals surface area contributed by atoms with E-state index in [1.165, 1.54) is 83.5 Å². The highest BCUT2D eigenvalue weighted by atomic mass is 31.2. The summed E-state index contributed by atoms with van der Waals surface area (Å²) in [5.41, 5.74) is 0. The third kappa shape index (κ3) is 38.8. The highest BCUT2D eigenvalue weighted by Gasteiger charge is 2.22. The average molecular weight is 725 g/mol. The lowest BCUT2D eigenvalue weighted by atomic mass is 10.1. The highest BCUT2D eigenvalue weighted by Crippen LogP contribution is 2.36. The molecule has 0 fully saturated rings. The molecule has 0 spiro atoms. The Morgan fingerprint density at radius 3 is 1.44 bits per heavy atom. The summed E-state index contributed by atoms with van der Waals surface area (Å²) in [5.74, 6) is -0.937. The molecule has 0 aliphatic heterocycles. The SMILES string of the molecule is CCCCC/C=C/C/C=C/C/C=C/CCCCCCC(=O)OC[C@H](COP(=O)(O)O)OC(=O)CCCC/C=C/CCCCCCCCCCC. The summed E-state index contributed by atoms with van der Waals surface area (Å²) in [6.07, 6.45) is 44.0. The molecule has 290 valence electrons. The Labute approximate surface area is 305 Å². The van der Waals surface area contributed by atoms with Gasteiger partial charge in [-0.25, -0.2) is 4.57 Å². The lowest BCUT2D eigenvalue weighted by molar-refractivity contribution is -0.161. The van der Waals surface area contributed by atoms with E-state index in [1.54, 1.807) is 0 Å². The van der Waals surface area contributed by atoms with Gasteiger partial charge in [-0.3, -0.25) is 14.1 Å². The van der Waals surface area contributed by atoms with Crippen LogP contribution < -0.4 is 0 Å². The minimum absolute atomic E-state index is 0.176. The maximum atomic E-state index is 12.4. The van der Waals surface area contributed by atoms with Crippen molar-refractivity contribution in [1.82, 2.24) is 0 Å². The molecule has 0 unspecified atom stereocenters. The molecule has 0 heterocycles. The smallest absolute Gasteiger partial charge is 0.462 e. The van der Waals surface area contributed by atoms with Crippen molar-refractivity contribution in [3.63, 3.8) is 0 Å². The number of unbranched alkanes of at least 4 members (excludes halogenated alkanes) is 18. The molecule has 0 aliphatic rings. The molecule has 2 N–H and O–H groups in total. The molecule has 0 aromatic heterocycles. The lowest BCUT2D eigenvalue weighted by Crippen LogP contribution is -2.29. The fraction of sp³-hybridized carbons (Fsp3) is 0.756. The highest BCUT2D eigenvalue weighted by molar-refractivity contribution is 7.46. The second-order valence-electron chi connectivity index (χ2n) is 13.2. The maximum Gasteiger partial charge on any atom is 0.469 e. The van der Waals surface area contributed by atoms with Crippen molar-refractivity contribution in [3.05, 3.63) is 48.6 Å². The van der Waals surface area contributed by atoms with Crippen LogP contribution in [0.25, 0.3) is 0 Å². The number of carbonyl (C=O) groups is 2. The maximum absolute atomic E-state index is 12.4. The molecule has 8 nitrogen and oxygen atoms in total. The predicted molar refractivity (Wildman–Crippen MR) is 207 cm³/mol. The summed E-state index contributed by atoms with van der Waals surface area (Å²) >= 11 is 0. The molecule has 0 aromatic carbocycles. The molecule has 0 aliphatic carbocycles.